The Labute approximate surface area is 241 Å². The Balaban J connectivity index is 1.72. The molecule has 5 atom stereocenters. The van der Waals surface area contributed by atoms with Crippen LogP contribution in [-0.2, 0) is 28.5 Å². The van der Waals surface area contributed by atoms with E-state index >= 15 is 0 Å². The third-order valence-corrected chi connectivity index (χ3v) is 8.23. The molecule has 3 heterocycles. The van der Waals surface area contributed by atoms with Crippen LogP contribution in [0.5, 0.6) is 0 Å². The highest BCUT2D eigenvalue weighted by Gasteiger charge is 2.47. The molecule has 1 aliphatic heterocycles. The summed E-state index contributed by atoms with van der Waals surface area (Å²) in [4.78, 5) is 37.5. The van der Waals surface area contributed by atoms with E-state index in [9.17, 15) is 14.7 Å². The second kappa shape index (κ2) is 15.5. The molecule has 1 fully saturated rings. The summed E-state index contributed by atoms with van der Waals surface area (Å²) in [5.74, 6) is -1.99. The number of unbranched alkanes of at least 4 members (excludes halogenated alkanes) is 2. The normalized spacial score (nSPS) is 22.1. The van der Waals surface area contributed by atoms with Crippen LogP contribution in [0.4, 0.5) is 5.82 Å². The van der Waals surface area contributed by atoms with E-state index in [1.54, 1.807) is 18.4 Å². The maximum Gasteiger partial charge on any atom is 0.323 e. The van der Waals surface area contributed by atoms with Gasteiger partial charge in [-0.15, -0.1) is 0 Å². The highest BCUT2D eigenvalue weighted by molar-refractivity contribution is 7.53. The van der Waals surface area contributed by atoms with E-state index in [1.165, 1.54) is 18.7 Å². The predicted molar refractivity (Wildman–Crippen MR) is 153 cm³/mol. The molecule has 1 aliphatic rings. The van der Waals surface area contributed by atoms with Crippen molar-refractivity contribution in [3.63, 3.8) is 0 Å². The highest BCUT2D eigenvalue weighted by Crippen LogP contribution is 2.42. The van der Waals surface area contributed by atoms with Crippen LogP contribution in [0.25, 0.3) is 11.2 Å². The van der Waals surface area contributed by atoms with Crippen molar-refractivity contribution in [2.75, 3.05) is 25.3 Å². The number of nitrogens with two attached hydrogens (primary N) is 1. The Morgan fingerprint density at radius 3 is 2.37 bits per heavy atom. The minimum Gasteiger partial charge on any atom is -0.465 e. The number of esters is 2. The van der Waals surface area contributed by atoms with Crippen molar-refractivity contribution in [3.8, 4) is 0 Å². The molecule has 5 N–H and O–H groups in total. The lowest BCUT2D eigenvalue weighted by atomic mass is 10.1. The van der Waals surface area contributed by atoms with Crippen molar-refractivity contribution >= 4 is 37.1 Å². The SMILES string of the molecule is C=C[C@@]1(OCP(N[C@@H](C)C(=O)OCCCC)N[C@@H](C)C(=O)OCCCC)C[C@@H](O)[C@H](n2cnc3c(N)ncnc32)O1. The van der Waals surface area contributed by atoms with Crippen LogP contribution in [0.2, 0.25) is 0 Å². The topological polar surface area (TPSA) is 185 Å². The number of aliphatic hydroxyl groups excluding tert-OH is 1. The third kappa shape index (κ3) is 8.63. The molecule has 14 nitrogen and oxygen atoms in total. The first kappa shape index (κ1) is 32.8. The highest BCUT2D eigenvalue weighted by atomic mass is 31.1. The molecule has 41 heavy (non-hydrogen) atoms. The number of nitrogen functional groups attached to an aromatic ring is 1. The number of carbonyl (C=O) groups is 2. The fraction of sp³-hybridized carbons (Fsp3) is 0.654. The molecule has 15 heteroatoms. The summed E-state index contributed by atoms with van der Waals surface area (Å²) < 4.78 is 24.6. The van der Waals surface area contributed by atoms with Crippen LogP contribution in [0.1, 0.15) is 66.0 Å². The van der Waals surface area contributed by atoms with Crippen LogP contribution in [0, 0.1) is 0 Å². The molecule has 2 aromatic rings. The van der Waals surface area contributed by atoms with Crippen molar-refractivity contribution in [1.29, 1.82) is 0 Å². The summed E-state index contributed by atoms with van der Waals surface area (Å²) in [6.45, 7) is 11.9. The van der Waals surface area contributed by atoms with Gasteiger partial charge in [0, 0.05) is 6.42 Å². The Morgan fingerprint density at radius 1 is 1.20 bits per heavy atom. The molecular weight excluding hydrogens is 553 g/mol. The van der Waals surface area contributed by atoms with Gasteiger partial charge in [0.2, 0.25) is 0 Å². The average molecular weight is 596 g/mol. The lowest BCUT2D eigenvalue weighted by molar-refractivity contribution is -0.199. The first-order chi connectivity index (χ1) is 19.6. The fourth-order valence-corrected chi connectivity index (χ4v) is 5.76. The standard InChI is InChI=1S/C26H42N7O7P/c1-6-9-11-37-24(35)17(4)31-41(32-18(5)25(36)38-12-10-7-2)16-39-26(8-3)13-19(34)23(40-26)33-15-30-20-21(27)28-14-29-22(20)33/h8,14-15,17-19,23,31-32,34H,3,6-7,9-13,16H2,1-2,4-5H3,(H2,27,28,29)/t17-,18-,19+,23+,26-/m0/s1. The molecular formula is C26H42N7O7P. The summed E-state index contributed by atoms with van der Waals surface area (Å²) in [5, 5.41) is 17.3. The summed E-state index contributed by atoms with van der Waals surface area (Å²) in [6, 6.07) is -1.36. The van der Waals surface area contributed by atoms with E-state index in [0.29, 0.717) is 24.4 Å². The van der Waals surface area contributed by atoms with Gasteiger partial charge in [-0.05, 0) is 32.8 Å². The Kier molecular flexibility index (Phi) is 12.4. The van der Waals surface area contributed by atoms with Gasteiger partial charge < -0.3 is 29.8 Å². The summed E-state index contributed by atoms with van der Waals surface area (Å²) in [6.07, 6.45) is 5.77. The molecule has 2 aromatic heterocycles. The van der Waals surface area contributed by atoms with Crippen molar-refractivity contribution in [1.82, 2.24) is 29.7 Å². The summed E-state index contributed by atoms with van der Waals surface area (Å²) in [7, 11) is -1.49. The number of aromatic nitrogens is 4. The number of imidazole rings is 1. The van der Waals surface area contributed by atoms with Gasteiger partial charge in [-0.2, -0.15) is 0 Å². The molecule has 228 valence electrons. The number of hydrogen-bond acceptors (Lipinski definition) is 13. The van der Waals surface area contributed by atoms with Gasteiger partial charge in [0.05, 0.1) is 34.1 Å². The number of aliphatic hydroxyl groups is 1. The van der Waals surface area contributed by atoms with Gasteiger partial charge in [-0.25, -0.2) is 15.0 Å². The Hall–Kier alpha value is -2.74. The Bertz CT molecular complexity index is 1140. The molecule has 0 spiro atoms. The molecule has 0 amide bonds. The smallest absolute Gasteiger partial charge is 0.323 e. The van der Waals surface area contributed by atoms with Gasteiger partial charge in [0.15, 0.2) is 23.5 Å². The van der Waals surface area contributed by atoms with Crippen molar-refractivity contribution in [2.45, 2.75) is 90.0 Å². The van der Waals surface area contributed by atoms with E-state index in [0.717, 1.165) is 25.7 Å². The van der Waals surface area contributed by atoms with Gasteiger partial charge in [-0.3, -0.25) is 24.3 Å². The first-order valence-electron chi connectivity index (χ1n) is 13.8. The van der Waals surface area contributed by atoms with Gasteiger partial charge in [0.1, 0.15) is 30.0 Å². The van der Waals surface area contributed by atoms with E-state index in [1.807, 2.05) is 13.8 Å². The number of carbonyl (C=O) groups excluding carboxylic acids is 2. The van der Waals surface area contributed by atoms with Crippen LogP contribution >= 0.6 is 8.22 Å². The van der Waals surface area contributed by atoms with Gasteiger partial charge in [-0.1, -0.05) is 33.3 Å². The molecule has 0 unspecified atom stereocenters. The molecule has 0 aliphatic carbocycles. The minimum absolute atomic E-state index is 0.000250. The van der Waals surface area contributed by atoms with Crippen molar-refractivity contribution < 1.29 is 33.6 Å². The van der Waals surface area contributed by atoms with E-state index < -0.39 is 50.4 Å². The first-order valence-corrected chi connectivity index (χ1v) is 15.4. The molecule has 3 rings (SSSR count). The lowest BCUT2D eigenvalue weighted by Crippen LogP contribution is -2.42. The quantitative estimate of drug-likeness (QED) is 0.0906. The van der Waals surface area contributed by atoms with Gasteiger partial charge >= 0.3 is 11.9 Å². The average Bonchev–Trinajstić information content (AvgIpc) is 3.53. The number of fused-ring (bicyclic) bond motifs is 1. The minimum atomic E-state index is -1.49. The van der Waals surface area contributed by atoms with Crippen molar-refractivity contribution in [2.24, 2.45) is 0 Å². The second-order valence-electron chi connectivity index (χ2n) is 9.82. The molecule has 0 radical (unpaired) electrons. The zero-order valence-corrected chi connectivity index (χ0v) is 25.0. The number of nitrogens with one attached hydrogen (secondary N) is 2. The number of nitrogens with zero attached hydrogens (tertiary/aromatic N) is 4. The van der Waals surface area contributed by atoms with Crippen LogP contribution in [0.15, 0.2) is 25.3 Å². The predicted octanol–water partition coefficient (Wildman–Crippen LogP) is 2.50. The zero-order valence-electron chi connectivity index (χ0n) is 24.1. The lowest BCUT2D eigenvalue weighted by Gasteiger charge is -2.31. The molecule has 1 saturated heterocycles. The summed E-state index contributed by atoms with van der Waals surface area (Å²) >= 11 is 0. The Morgan fingerprint density at radius 2 is 1.80 bits per heavy atom. The fourth-order valence-electron chi connectivity index (χ4n) is 4.05. The molecule has 0 bridgehead atoms. The molecule has 0 aromatic carbocycles. The maximum absolute atomic E-state index is 12.5. The number of ether oxygens (including phenoxy) is 4. The van der Waals surface area contributed by atoms with E-state index in [2.05, 4.69) is 31.7 Å². The third-order valence-electron chi connectivity index (χ3n) is 6.44. The second-order valence-corrected chi connectivity index (χ2v) is 11.5. The van der Waals surface area contributed by atoms with Gasteiger partial charge in [0.25, 0.3) is 0 Å². The maximum atomic E-state index is 12.5. The van der Waals surface area contributed by atoms with Crippen LogP contribution in [-0.4, -0.2) is 80.1 Å². The molecule has 0 saturated carbocycles. The summed E-state index contributed by atoms with van der Waals surface area (Å²) in [5.41, 5.74) is 6.69. The monoisotopic (exact) mass is 595 g/mol. The van der Waals surface area contributed by atoms with E-state index in [-0.39, 0.29) is 18.6 Å². The largest absolute Gasteiger partial charge is 0.465 e. The number of rotatable bonds is 17. The number of anilines is 1. The van der Waals surface area contributed by atoms with Crippen LogP contribution < -0.4 is 15.9 Å². The number of hydrogen-bond donors (Lipinski definition) is 4. The van der Waals surface area contributed by atoms with E-state index in [4.69, 9.17) is 24.7 Å². The van der Waals surface area contributed by atoms with Crippen LogP contribution in [0.3, 0.4) is 0 Å². The zero-order chi connectivity index (χ0) is 30.0. The van der Waals surface area contributed by atoms with Crippen molar-refractivity contribution in [3.05, 3.63) is 25.3 Å².